The van der Waals surface area contributed by atoms with Gasteiger partial charge in [-0.05, 0) is 105 Å². The van der Waals surface area contributed by atoms with E-state index < -0.39 is 0 Å². The van der Waals surface area contributed by atoms with Gasteiger partial charge in [-0.3, -0.25) is 0 Å². The Morgan fingerprint density at radius 2 is 1.36 bits per heavy atom. The van der Waals surface area contributed by atoms with Crippen LogP contribution in [-0.4, -0.2) is 0 Å². The van der Waals surface area contributed by atoms with Crippen molar-refractivity contribution in [1.29, 1.82) is 0 Å². The molecule has 0 aromatic heterocycles. The van der Waals surface area contributed by atoms with Gasteiger partial charge in [-0.2, -0.15) is 0 Å². The van der Waals surface area contributed by atoms with Crippen molar-refractivity contribution in [3.63, 3.8) is 0 Å². The maximum Gasteiger partial charge on any atom is 0.129 e. The van der Waals surface area contributed by atoms with Crippen LogP contribution in [0.2, 0.25) is 0 Å². The summed E-state index contributed by atoms with van der Waals surface area (Å²) in [5, 5.41) is 0. The van der Waals surface area contributed by atoms with Crippen LogP contribution in [-0.2, 0) is 6.42 Å². The summed E-state index contributed by atoms with van der Waals surface area (Å²) in [6.07, 6.45) is 19.2. The average Bonchev–Trinajstić information content (AvgIpc) is 2.90. The zero-order valence-electron chi connectivity index (χ0n) is 22.5. The molecule has 0 unspecified atom stereocenters. The van der Waals surface area contributed by atoms with E-state index in [1.807, 2.05) is 19.1 Å². The molecule has 2 aromatic rings. The quantitative estimate of drug-likeness (QED) is 0.289. The molecule has 1 atom stereocenters. The van der Waals surface area contributed by atoms with Crippen LogP contribution in [0.4, 0.5) is 8.78 Å². The molecule has 2 aromatic carbocycles. The SMILES string of the molecule is C/C=C/CCc1c(F)cc(C2CCC(CCC3CCC(C[C@H](C)c4ccccc4)CC3)CC2)cc1F. The van der Waals surface area contributed by atoms with Crippen molar-refractivity contribution in [2.75, 3.05) is 0 Å². The van der Waals surface area contributed by atoms with Crippen molar-refractivity contribution in [3.8, 4) is 0 Å². The lowest BCUT2D eigenvalue weighted by Crippen LogP contribution is -2.18. The molecule has 2 aliphatic rings. The van der Waals surface area contributed by atoms with Crippen molar-refractivity contribution < 1.29 is 8.78 Å². The fourth-order valence-corrected chi connectivity index (χ4v) is 6.92. The average molecular weight is 493 g/mol. The van der Waals surface area contributed by atoms with Crippen molar-refractivity contribution in [1.82, 2.24) is 0 Å². The summed E-state index contributed by atoms with van der Waals surface area (Å²) >= 11 is 0. The van der Waals surface area contributed by atoms with E-state index in [0.29, 0.717) is 24.7 Å². The van der Waals surface area contributed by atoms with Gasteiger partial charge < -0.3 is 0 Å². The maximum absolute atomic E-state index is 14.6. The Labute approximate surface area is 218 Å². The first kappa shape index (κ1) is 27.1. The lowest BCUT2D eigenvalue weighted by atomic mass is 9.73. The Balaban J connectivity index is 1.16. The minimum absolute atomic E-state index is 0.245. The van der Waals surface area contributed by atoms with Gasteiger partial charge in [0.25, 0.3) is 0 Å². The molecule has 0 amide bonds. The molecule has 2 aliphatic carbocycles. The Morgan fingerprint density at radius 3 is 1.94 bits per heavy atom. The van der Waals surface area contributed by atoms with E-state index in [1.54, 1.807) is 12.1 Å². The van der Waals surface area contributed by atoms with Gasteiger partial charge in [-0.25, -0.2) is 8.78 Å². The fraction of sp³-hybridized carbons (Fsp3) is 0.588. The van der Waals surface area contributed by atoms with Gasteiger partial charge in [0, 0.05) is 5.56 Å². The first-order valence-electron chi connectivity index (χ1n) is 14.7. The van der Waals surface area contributed by atoms with Gasteiger partial charge in [0.2, 0.25) is 0 Å². The second-order valence-corrected chi connectivity index (χ2v) is 11.8. The summed E-state index contributed by atoms with van der Waals surface area (Å²) < 4.78 is 29.2. The molecule has 4 rings (SSSR count). The normalized spacial score (nSPS) is 25.8. The lowest BCUT2D eigenvalue weighted by Gasteiger charge is -2.33. The Kier molecular flexibility index (Phi) is 10.2. The van der Waals surface area contributed by atoms with E-state index in [9.17, 15) is 8.78 Å². The highest BCUT2D eigenvalue weighted by Crippen LogP contribution is 2.41. The van der Waals surface area contributed by atoms with E-state index in [0.717, 1.165) is 36.2 Å². The standard InChI is InChI=1S/C34H46F2/c1-3-4-6-11-32-33(35)23-31(24-34(32)36)30-20-18-27(19-21-30)13-12-26-14-16-28(17-15-26)22-25(2)29-9-7-5-8-10-29/h3-5,7-10,23-28,30H,6,11-22H2,1-2H3/b4-3+/t25-,26?,27?,28?,30?/m0/s1. The van der Waals surface area contributed by atoms with Crippen LogP contribution in [0, 0.1) is 29.4 Å². The highest BCUT2D eigenvalue weighted by atomic mass is 19.1. The lowest BCUT2D eigenvalue weighted by molar-refractivity contribution is 0.220. The largest absolute Gasteiger partial charge is 0.207 e. The van der Waals surface area contributed by atoms with Crippen LogP contribution in [0.1, 0.15) is 119 Å². The first-order valence-corrected chi connectivity index (χ1v) is 14.7. The molecule has 0 radical (unpaired) electrons. The number of hydrogen-bond acceptors (Lipinski definition) is 0. The number of hydrogen-bond donors (Lipinski definition) is 0. The van der Waals surface area contributed by atoms with Gasteiger partial charge in [0.15, 0.2) is 0 Å². The Morgan fingerprint density at radius 1 is 0.806 bits per heavy atom. The second-order valence-electron chi connectivity index (χ2n) is 11.8. The zero-order valence-corrected chi connectivity index (χ0v) is 22.5. The van der Waals surface area contributed by atoms with E-state index in [2.05, 4.69) is 37.3 Å². The van der Waals surface area contributed by atoms with Gasteiger partial charge in [0.05, 0.1) is 0 Å². The van der Waals surface area contributed by atoms with Crippen LogP contribution >= 0.6 is 0 Å². The molecule has 0 bridgehead atoms. The summed E-state index contributed by atoms with van der Waals surface area (Å²) in [6.45, 7) is 4.32. The number of allylic oxidation sites excluding steroid dienone is 2. The molecule has 0 spiro atoms. The molecule has 36 heavy (non-hydrogen) atoms. The van der Waals surface area contributed by atoms with E-state index in [-0.39, 0.29) is 17.2 Å². The molecular weight excluding hydrogens is 446 g/mol. The fourth-order valence-electron chi connectivity index (χ4n) is 6.92. The van der Waals surface area contributed by atoms with E-state index >= 15 is 0 Å². The van der Waals surface area contributed by atoms with Crippen molar-refractivity contribution in [3.05, 3.63) is 82.9 Å². The topological polar surface area (TPSA) is 0 Å². The van der Waals surface area contributed by atoms with Crippen LogP contribution in [0.3, 0.4) is 0 Å². The first-order chi connectivity index (χ1) is 17.5. The Bertz CT molecular complexity index is 923. The monoisotopic (exact) mass is 492 g/mol. The van der Waals surface area contributed by atoms with Gasteiger partial charge >= 0.3 is 0 Å². The van der Waals surface area contributed by atoms with Crippen molar-refractivity contribution >= 4 is 0 Å². The van der Waals surface area contributed by atoms with Gasteiger partial charge in [0.1, 0.15) is 11.6 Å². The summed E-state index contributed by atoms with van der Waals surface area (Å²) in [6, 6.07) is 14.2. The molecule has 0 saturated heterocycles. The molecule has 196 valence electrons. The highest BCUT2D eigenvalue weighted by molar-refractivity contribution is 5.29. The summed E-state index contributed by atoms with van der Waals surface area (Å²) in [4.78, 5) is 0. The molecular formula is C34H46F2. The summed E-state index contributed by atoms with van der Waals surface area (Å²) in [7, 11) is 0. The molecule has 2 saturated carbocycles. The molecule has 2 fully saturated rings. The Hall–Kier alpha value is -1.96. The van der Waals surface area contributed by atoms with E-state index in [1.165, 1.54) is 63.4 Å². The van der Waals surface area contributed by atoms with Crippen molar-refractivity contribution in [2.45, 2.75) is 109 Å². The molecule has 2 heteroatoms. The summed E-state index contributed by atoms with van der Waals surface area (Å²) in [5.74, 6) is 2.87. The molecule has 0 aliphatic heterocycles. The van der Waals surface area contributed by atoms with Crippen LogP contribution in [0.25, 0.3) is 0 Å². The minimum Gasteiger partial charge on any atom is -0.207 e. The number of halogens is 2. The van der Waals surface area contributed by atoms with Gasteiger partial charge in [-0.1, -0.05) is 87.9 Å². The predicted molar refractivity (Wildman–Crippen MR) is 148 cm³/mol. The summed E-state index contributed by atoms with van der Waals surface area (Å²) in [5.41, 5.74) is 2.61. The highest BCUT2D eigenvalue weighted by Gasteiger charge is 2.27. The van der Waals surface area contributed by atoms with E-state index in [4.69, 9.17) is 0 Å². The minimum atomic E-state index is -0.356. The van der Waals surface area contributed by atoms with Crippen LogP contribution in [0.15, 0.2) is 54.6 Å². The van der Waals surface area contributed by atoms with Crippen LogP contribution < -0.4 is 0 Å². The molecule has 0 N–H and O–H groups in total. The third-order valence-corrected chi connectivity index (χ3v) is 9.28. The van der Waals surface area contributed by atoms with Crippen molar-refractivity contribution in [2.24, 2.45) is 17.8 Å². The van der Waals surface area contributed by atoms with Gasteiger partial charge in [-0.15, -0.1) is 0 Å². The number of rotatable bonds is 10. The zero-order chi connectivity index (χ0) is 25.3. The molecule has 0 nitrogen and oxygen atoms in total. The smallest absolute Gasteiger partial charge is 0.129 e. The predicted octanol–water partition coefficient (Wildman–Crippen LogP) is 10.5. The number of benzene rings is 2. The third kappa shape index (κ3) is 7.53. The second kappa shape index (κ2) is 13.5. The maximum atomic E-state index is 14.6. The van der Waals surface area contributed by atoms with Crippen LogP contribution in [0.5, 0.6) is 0 Å². The molecule has 0 heterocycles. The third-order valence-electron chi connectivity index (χ3n) is 9.28.